The molecule has 0 aliphatic rings. The zero-order valence-electron chi connectivity index (χ0n) is 14.4. The summed E-state index contributed by atoms with van der Waals surface area (Å²) < 4.78 is 0. The van der Waals surface area contributed by atoms with Crippen LogP contribution in [0.5, 0.6) is 0 Å². The van der Waals surface area contributed by atoms with Gasteiger partial charge >= 0.3 is 0 Å². The van der Waals surface area contributed by atoms with E-state index >= 15 is 0 Å². The van der Waals surface area contributed by atoms with Gasteiger partial charge in [-0.3, -0.25) is 0 Å². The number of anilines is 3. The molecule has 0 saturated carbocycles. The number of hydrogen-bond donors (Lipinski definition) is 2. The first-order chi connectivity index (χ1) is 12.9. The van der Waals surface area contributed by atoms with Gasteiger partial charge in [0.2, 0.25) is 0 Å². The molecule has 3 nitrogen and oxygen atoms in total. The highest BCUT2D eigenvalue weighted by atomic mass is 32.1. The quantitative estimate of drug-likeness (QED) is 0.442. The predicted octanol–water partition coefficient (Wildman–Crippen LogP) is 6.26. The van der Waals surface area contributed by atoms with Crippen molar-refractivity contribution < 1.29 is 0 Å². The number of nitrogens with one attached hydrogen (secondary N) is 2. The van der Waals surface area contributed by atoms with Crippen molar-refractivity contribution in [3.05, 3.63) is 85.1 Å². The maximum absolute atomic E-state index is 4.43. The SMILES string of the molecule is CNc1c(-c2ccccc2)sc(-c2ccccc2)c1Nc1ccccn1. The van der Waals surface area contributed by atoms with Crippen molar-refractivity contribution in [2.45, 2.75) is 0 Å². The third-order valence-electron chi connectivity index (χ3n) is 4.15. The average Bonchev–Trinajstić information content (AvgIpc) is 3.08. The molecular weight excluding hydrogens is 338 g/mol. The van der Waals surface area contributed by atoms with Gasteiger partial charge in [0.15, 0.2) is 0 Å². The minimum Gasteiger partial charge on any atom is -0.385 e. The van der Waals surface area contributed by atoms with Gasteiger partial charge in [-0.2, -0.15) is 0 Å². The normalized spacial score (nSPS) is 10.5. The first-order valence-corrected chi connectivity index (χ1v) is 9.32. The van der Waals surface area contributed by atoms with Crippen LogP contribution in [0, 0.1) is 0 Å². The highest BCUT2D eigenvalue weighted by Crippen LogP contribution is 2.49. The van der Waals surface area contributed by atoms with Gasteiger partial charge in [-0.15, -0.1) is 11.3 Å². The van der Waals surface area contributed by atoms with Crippen LogP contribution >= 0.6 is 11.3 Å². The second kappa shape index (κ2) is 7.42. The fraction of sp³-hybridized carbons (Fsp3) is 0.0455. The van der Waals surface area contributed by atoms with Gasteiger partial charge < -0.3 is 10.6 Å². The lowest BCUT2D eigenvalue weighted by Gasteiger charge is -2.11. The number of nitrogens with zero attached hydrogens (tertiary/aromatic N) is 1. The largest absolute Gasteiger partial charge is 0.385 e. The molecule has 0 bridgehead atoms. The van der Waals surface area contributed by atoms with Crippen molar-refractivity contribution in [1.82, 2.24) is 4.98 Å². The Morgan fingerprint density at radius 2 is 1.27 bits per heavy atom. The first kappa shape index (κ1) is 16.4. The van der Waals surface area contributed by atoms with Crippen LogP contribution in [0.15, 0.2) is 85.1 Å². The lowest BCUT2D eigenvalue weighted by atomic mass is 10.1. The van der Waals surface area contributed by atoms with Crippen molar-refractivity contribution in [1.29, 1.82) is 0 Å². The zero-order chi connectivity index (χ0) is 17.8. The van der Waals surface area contributed by atoms with E-state index in [2.05, 4.69) is 64.1 Å². The van der Waals surface area contributed by atoms with E-state index in [0.717, 1.165) is 17.2 Å². The summed E-state index contributed by atoms with van der Waals surface area (Å²) in [5.74, 6) is 0.832. The van der Waals surface area contributed by atoms with Crippen LogP contribution in [0.25, 0.3) is 20.9 Å². The summed E-state index contributed by atoms with van der Waals surface area (Å²) in [7, 11) is 1.97. The maximum Gasteiger partial charge on any atom is 0.130 e. The van der Waals surface area contributed by atoms with E-state index in [1.807, 2.05) is 37.4 Å². The molecule has 4 heteroatoms. The molecular formula is C22H19N3S. The van der Waals surface area contributed by atoms with Crippen molar-refractivity contribution in [2.75, 3.05) is 17.7 Å². The molecule has 0 aliphatic carbocycles. The van der Waals surface area contributed by atoms with E-state index in [-0.39, 0.29) is 0 Å². The predicted molar refractivity (Wildman–Crippen MR) is 112 cm³/mol. The second-order valence-electron chi connectivity index (χ2n) is 5.83. The Hall–Kier alpha value is -3.11. The van der Waals surface area contributed by atoms with Crippen molar-refractivity contribution >= 4 is 28.5 Å². The molecule has 2 aromatic carbocycles. The Morgan fingerprint density at radius 1 is 0.692 bits per heavy atom. The Kier molecular flexibility index (Phi) is 4.67. The third kappa shape index (κ3) is 3.19. The molecule has 0 amide bonds. The molecule has 0 unspecified atom stereocenters. The number of hydrogen-bond acceptors (Lipinski definition) is 4. The third-order valence-corrected chi connectivity index (χ3v) is 5.44. The van der Waals surface area contributed by atoms with Crippen molar-refractivity contribution in [2.24, 2.45) is 0 Å². The molecule has 0 aliphatic heterocycles. The Balaban J connectivity index is 1.90. The summed E-state index contributed by atoms with van der Waals surface area (Å²) in [5.41, 5.74) is 4.54. The number of rotatable bonds is 5. The minimum atomic E-state index is 0.832. The number of benzene rings is 2. The summed E-state index contributed by atoms with van der Waals surface area (Å²) in [6.45, 7) is 0. The van der Waals surface area contributed by atoms with Gasteiger partial charge in [-0.25, -0.2) is 4.98 Å². The molecule has 4 rings (SSSR count). The summed E-state index contributed by atoms with van der Waals surface area (Å²) in [5, 5.41) is 6.91. The fourth-order valence-electron chi connectivity index (χ4n) is 2.94. The van der Waals surface area contributed by atoms with Gasteiger partial charge in [0.05, 0.1) is 21.1 Å². The standard InChI is InChI=1S/C22H19N3S/c1-23-19-20(25-18-14-8-9-15-24-18)22(17-12-6-3-7-13-17)26-21(19)16-10-4-2-5-11-16/h2-15,23H,1H3,(H,24,25). The Bertz CT molecular complexity index is 980. The molecule has 0 atom stereocenters. The van der Waals surface area contributed by atoms with E-state index < -0.39 is 0 Å². The number of aromatic nitrogens is 1. The smallest absolute Gasteiger partial charge is 0.130 e. The average molecular weight is 357 g/mol. The summed E-state index contributed by atoms with van der Waals surface area (Å²) >= 11 is 1.78. The molecule has 128 valence electrons. The lowest BCUT2D eigenvalue weighted by Crippen LogP contribution is -1.98. The molecule has 0 saturated heterocycles. The summed E-state index contributed by atoms with van der Waals surface area (Å²) in [4.78, 5) is 6.84. The Labute approximate surface area is 157 Å². The zero-order valence-corrected chi connectivity index (χ0v) is 15.3. The molecule has 26 heavy (non-hydrogen) atoms. The van der Waals surface area contributed by atoms with Crippen LogP contribution in [0.3, 0.4) is 0 Å². The number of thiophene rings is 1. The van der Waals surface area contributed by atoms with Gasteiger partial charge in [-0.05, 0) is 23.3 Å². The molecule has 0 radical (unpaired) electrons. The van der Waals surface area contributed by atoms with E-state index in [1.165, 1.54) is 20.9 Å². The lowest BCUT2D eigenvalue weighted by molar-refractivity contribution is 1.31. The molecule has 2 aromatic heterocycles. The van der Waals surface area contributed by atoms with Gasteiger partial charge in [-0.1, -0.05) is 66.7 Å². The summed E-state index contributed by atoms with van der Waals surface area (Å²) in [6.07, 6.45) is 1.80. The maximum atomic E-state index is 4.43. The van der Waals surface area contributed by atoms with E-state index in [9.17, 15) is 0 Å². The highest BCUT2D eigenvalue weighted by molar-refractivity contribution is 7.20. The van der Waals surface area contributed by atoms with Crippen molar-refractivity contribution in [3.8, 4) is 20.9 Å². The molecule has 0 fully saturated rings. The van der Waals surface area contributed by atoms with Crippen LogP contribution in [-0.4, -0.2) is 12.0 Å². The van der Waals surface area contributed by atoms with E-state index in [4.69, 9.17) is 0 Å². The Morgan fingerprint density at radius 3 is 1.81 bits per heavy atom. The van der Waals surface area contributed by atoms with Gasteiger partial charge in [0.1, 0.15) is 5.82 Å². The van der Waals surface area contributed by atoms with Crippen LogP contribution in [0.1, 0.15) is 0 Å². The van der Waals surface area contributed by atoms with E-state index in [1.54, 1.807) is 17.5 Å². The molecule has 0 spiro atoms. The highest BCUT2D eigenvalue weighted by Gasteiger charge is 2.20. The van der Waals surface area contributed by atoms with Crippen LogP contribution in [-0.2, 0) is 0 Å². The van der Waals surface area contributed by atoms with Crippen LogP contribution in [0.2, 0.25) is 0 Å². The minimum absolute atomic E-state index is 0.832. The van der Waals surface area contributed by atoms with Crippen LogP contribution < -0.4 is 10.6 Å². The van der Waals surface area contributed by atoms with Gasteiger partial charge in [0, 0.05) is 13.2 Å². The number of pyridine rings is 1. The molecule has 2 N–H and O–H groups in total. The summed E-state index contributed by atoms with van der Waals surface area (Å²) in [6, 6.07) is 26.8. The first-order valence-electron chi connectivity index (χ1n) is 8.50. The topological polar surface area (TPSA) is 37.0 Å². The van der Waals surface area contributed by atoms with Crippen LogP contribution in [0.4, 0.5) is 17.2 Å². The molecule has 2 heterocycles. The monoisotopic (exact) mass is 357 g/mol. The fourth-order valence-corrected chi connectivity index (χ4v) is 4.21. The van der Waals surface area contributed by atoms with Gasteiger partial charge in [0.25, 0.3) is 0 Å². The van der Waals surface area contributed by atoms with E-state index in [0.29, 0.717) is 0 Å². The molecule has 4 aromatic rings. The van der Waals surface area contributed by atoms with Crippen molar-refractivity contribution in [3.63, 3.8) is 0 Å². The second-order valence-corrected chi connectivity index (χ2v) is 6.85.